The molecule has 2 aromatic carbocycles. The maximum Gasteiger partial charge on any atom is 0.435 e. The number of nitrogens with zero attached hydrogens (tertiary/aromatic N) is 2. The standard InChI is InChI=1S/C17H13F3N2O3S/c18-17(19,20)15-11-16(22(21-15)14-9-5-2-6-10-14)25-26(23,24)12-13-7-3-1-4-8-13/h1-11H,12H2. The Kier molecular flexibility index (Phi) is 4.73. The van der Waals surface area contributed by atoms with Crippen LogP contribution in [-0.4, -0.2) is 18.2 Å². The van der Waals surface area contributed by atoms with Crippen LogP contribution >= 0.6 is 0 Å². The Hall–Kier alpha value is -2.81. The molecule has 0 N–H and O–H groups in total. The van der Waals surface area contributed by atoms with Crippen LogP contribution in [0.1, 0.15) is 11.3 Å². The minimum Gasteiger partial charge on any atom is -0.361 e. The maximum absolute atomic E-state index is 13.0. The van der Waals surface area contributed by atoms with Crippen LogP contribution in [0.3, 0.4) is 0 Å². The molecular weight excluding hydrogens is 369 g/mol. The third kappa shape index (κ3) is 4.23. The summed E-state index contributed by atoms with van der Waals surface area (Å²) < 4.78 is 69.3. The number of rotatable bonds is 5. The van der Waals surface area contributed by atoms with E-state index in [1.807, 2.05) is 0 Å². The van der Waals surface area contributed by atoms with Crippen molar-refractivity contribution in [3.05, 3.63) is 78.0 Å². The highest BCUT2D eigenvalue weighted by molar-refractivity contribution is 7.86. The fourth-order valence-corrected chi connectivity index (χ4v) is 3.29. The third-order valence-electron chi connectivity index (χ3n) is 3.37. The van der Waals surface area contributed by atoms with Crippen LogP contribution in [0.2, 0.25) is 0 Å². The first-order valence-electron chi connectivity index (χ1n) is 7.43. The minimum absolute atomic E-state index is 0.243. The Morgan fingerprint density at radius 3 is 2.12 bits per heavy atom. The molecule has 0 radical (unpaired) electrons. The number of benzene rings is 2. The molecule has 0 spiro atoms. The molecule has 0 atom stereocenters. The van der Waals surface area contributed by atoms with Gasteiger partial charge in [-0.15, -0.1) is 0 Å². The summed E-state index contributed by atoms with van der Waals surface area (Å²) in [5.74, 6) is -1.01. The molecule has 3 rings (SSSR count). The number of aromatic nitrogens is 2. The second-order valence-corrected chi connectivity index (χ2v) is 6.95. The zero-order valence-corrected chi connectivity index (χ0v) is 14.0. The Morgan fingerprint density at radius 2 is 1.54 bits per heavy atom. The summed E-state index contributed by atoms with van der Waals surface area (Å²) in [6, 6.07) is 16.6. The van der Waals surface area contributed by atoms with Crippen molar-refractivity contribution in [2.75, 3.05) is 0 Å². The van der Waals surface area contributed by atoms with Crippen molar-refractivity contribution in [2.24, 2.45) is 0 Å². The molecule has 1 aromatic heterocycles. The van der Waals surface area contributed by atoms with E-state index < -0.39 is 33.6 Å². The zero-order valence-electron chi connectivity index (χ0n) is 13.2. The van der Waals surface area contributed by atoms with Gasteiger partial charge in [0.2, 0.25) is 5.88 Å². The lowest BCUT2D eigenvalue weighted by Crippen LogP contribution is -2.14. The van der Waals surface area contributed by atoms with Gasteiger partial charge in [0.05, 0.1) is 5.69 Å². The Labute approximate surface area is 147 Å². The molecule has 0 saturated heterocycles. The average Bonchev–Trinajstić information content (AvgIpc) is 2.99. The lowest BCUT2D eigenvalue weighted by Gasteiger charge is -2.09. The molecule has 0 amide bonds. The first-order valence-corrected chi connectivity index (χ1v) is 9.01. The number of hydrogen-bond donors (Lipinski definition) is 0. The van der Waals surface area contributed by atoms with Crippen molar-refractivity contribution < 1.29 is 25.8 Å². The van der Waals surface area contributed by atoms with Crippen molar-refractivity contribution in [2.45, 2.75) is 11.9 Å². The minimum atomic E-state index is -4.73. The summed E-state index contributed by atoms with van der Waals surface area (Å²) in [4.78, 5) is 0. The quantitative estimate of drug-likeness (QED) is 0.630. The van der Waals surface area contributed by atoms with Gasteiger partial charge in [0.25, 0.3) is 0 Å². The van der Waals surface area contributed by atoms with Crippen LogP contribution in [0.25, 0.3) is 5.69 Å². The van der Waals surface area contributed by atoms with E-state index in [0.29, 0.717) is 11.6 Å². The van der Waals surface area contributed by atoms with Gasteiger partial charge in [-0.3, -0.25) is 0 Å². The highest BCUT2D eigenvalue weighted by atomic mass is 32.2. The topological polar surface area (TPSA) is 61.2 Å². The summed E-state index contributed by atoms with van der Waals surface area (Å²) in [7, 11) is -4.18. The molecule has 0 aliphatic carbocycles. The molecule has 1 heterocycles. The highest BCUT2D eigenvalue weighted by Gasteiger charge is 2.36. The monoisotopic (exact) mass is 382 g/mol. The first-order chi connectivity index (χ1) is 12.2. The van der Waals surface area contributed by atoms with Gasteiger partial charge in [0.15, 0.2) is 5.69 Å². The number of halogens is 3. The molecule has 136 valence electrons. The van der Waals surface area contributed by atoms with Crippen LogP contribution in [0.15, 0.2) is 66.7 Å². The second-order valence-electron chi connectivity index (χ2n) is 5.38. The smallest absolute Gasteiger partial charge is 0.361 e. The predicted molar refractivity (Wildman–Crippen MR) is 88.3 cm³/mol. The van der Waals surface area contributed by atoms with Gasteiger partial charge in [-0.1, -0.05) is 48.5 Å². The normalized spacial score (nSPS) is 12.1. The summed E-state index contributed by atoms with van der Waals surface area (Å²) >= 11 is 0. The van der Waals surface area contributed by atoms with Crippen molar-refractivity contribution in [1.82, 2.24) is 9.78 Å². The molecule has 26 heavy (non-hydrogen) atoms. The van der Waals surface area contributed by atoms with Gasteiger partial charge < -0.3 is 4.18 Å². The van der Waals surface area contributed by atoms with E-state index >= 15 is 0 Å². The number of para-hydroxylation sites is 1. The van der Waals surface area contributed by atoms with Crippen LogP contribution in [0.4, 0.5) is 13.2 Å². The second kappa shape index (κ2) is 6.83. The predicted octanol–water partition coefficient (Wildman–Crippen LogP) is 3.80. The van der Waals surface area contributed by atoms with Crippen molar-refractivity contribution in [3.8, 4) is 11.6 Å². The summed E-state index contributed by atoms with van der Waals surface area (Å²) in [6.45, 7) is 0. The van der Waals surface area contributed by atoms with E-state index in [2.05, 4.69) is 5.10 Å². The maximum atomic E-state index is 13.0. The third-order valence-corrected chi connectivity index (χ3v) is 4.48. The SMILES string of the molecule is O=S(=O)(Cc1ccccc1)Oc1cc(C(F)(F)F)nn1-c1ccccc1. The molecule has 0 aliphatic heterocycles. The largest absolute Gasteiger partial charge is 0.435 e. The molecule has 0 fully saturated rings. The highest BCUT2D eigenvalue weighted by Crippen LogP contribution is 2.32. The van der Waals surface area contributed by atoms with Crippen molar-refractivity contribution >= 4 is 10.1 Å². The lowest BCUT2D eigenvalue weighted by atomic mass is 10.2. The molecule has 0 bridgehead atoms. The van der Waals surface area contributed by atoms with Crippen LogP contribution < -0.4 is 4.18 Å². The summed E-state index contributed by atoms with van der Waals surface area (Å²) in [6.07, 6.45) is -4.73. The molecule has 0 saturated carbocycles. The van der Waals surface area contributed by atoms with Crippen molar-refractivity contribution in [3.63, 3.8) is 0 Å². The first kappa shape index (κ1) is 18.0. The van der Waals surface area contributed by atoms with Gasteiger partial charge in [-0.25, -0.2) is 0 Å². The van der Waals surface area contributed by atoms with E-state index in [4.69, 9.17) is 4.18 Å². The van der Waals surface area contributed by atoms with Gasteiger partial charge in [-0.05, 0) is 17.7 Å². The van der Waals surface area contributed by atoms with E-state index in [1.54, 1.807) is 48.5 Å². The van der Waals surface area contributed by atoms with E-state index in [9.17, 15) is 21.6 Å². The molecular formula is C17H13F3N2O3S. The van der Waals surface area contributed by atoms with Crippen LogP contribution in [0, 0.1) is 0 Å². The van der Waals surface area contributed by atoms with Gasteiger partial charge in [0.1, 0.15) is 5.75 Å². The number of alkyl halides is 3. The molecule has 0 unspecified atom stereocenters. The van der Waals surface area contributed by atoms with E-state index in [0.717, 1.165) is 4.68 Å². The lowest BCUT2D eigenvalue weighted by molar-refractivity contribution is -0.141. The average molecular weight is 382 g/mol. The molecule has 9 heteroatoms. The van der Waals surface area contributed by atoms with Crippen molar-refractivity contribution in [1.29, 1.82) is 0 Å². The fourth-order valence-electron chi connectivity index (χ4n) is 2.25. The Bertz CT molecular complexity index is 985. The van der Waals surface area contributed by atoms with E-state index in [-0.39, 0.29) is 5.69 Å². The van der Waals surface area contributed by atoms with E-state index in [1.165, 1.54) is 12.1 Å². The number of hydrogen-bond acceptors (Lipinski definition) is 4. The zero-order chi connectivity index (χ0) is 18.8. The molecule has 0 aliphatic rings. The summed E-state index contributed by atoms with van der Waals surface area (Å²) in [5.41, 5.74) is -0.548. The van der Waals surface area contributed by atoms with Gasteiger partial charge in [-0.2, -0.15) is 31.4 Å². The van der Waals surface area contributed by atoms with Crippen LogP contribution in [0.5, 0.6) is 5.88 Å². The Balaban J connectivity index is 1.97. The molecule has 3 aromatic rings. The summed E-state index contributed by atoms with van der Waals surface area (Å²) in [5, 5.41) is 3.45. The van der Waals surface area contributed by atoms with Gasteiger partial charge >= 0.3 is 16.3 Å². The molecule has 5 nitrogen and oxygen atoms in total. The van der Waals surface area contributed by atoms with Crippen LogP contribution in [-0.2, 0) is 22.0 Å². The van der Waals surface area contributed by atoms with Gasteiger partial charge in [0, 0.05) is 6.07 Å². The Morgan fingerprint density at radius 1 is 0.962 bits per heavy atom. The fraction of sp³-hybridized carbons (Fsp3) is 0.118.